The highest BCUT2D eigenvalue weighted by atomic mass is 32.1. The molecule has 0 saturated carbocycles. The number of anilines is 1. The fourth-order valence-corrected chi connectivity index (χ4v) is 4.67. The van der Waals surface area contributed by atoms with Gasteiger partial charge in [-0.3, -0.25) is 9.69 Å². The summed E-state index contributed by atoms with van der Waals surface area (Å²) in [5.41, 5.74) is 0.694. The first-order chi connectivity index (χ1) is 13.3. The van der Waals surface area contributed by atoms with Crippen LogP contribution in [0.25, 0.3) is 0 Å². The number of nitrogens with one attached hydrogen (secondary N) is 1. The van der Waals surface area contributed by atoms with Gasteiger partial charge in [-0.15, -0.1) is 11.3 Å². The average Bonchev–Trinajstić information content (AvgIpc) is 2.95. The smallest absolute Gasteiger partial charge is 0.348 e. The first-order valence-corrected chi connectivity index (χ1v) is 10.6. The lowest BCUT2D eigenvalue weighted by Crippen LogP contribution is -2.47. The average molecular weight is 411 g/mol. The van der Waals surface area contributed by atoms with Crippen molar-refractivity contribution in [2.75, 3.05) is 25.1 Å². The van der Waals surface area contributed by atoms with Crippen LogP contribution in [0.2, 0.25) is 0 Å². The summed E-state index contributed by atoms with van der Waals surface area (Å²) >= 11 is 1.05. The van der Waals surface area contributed by atoms with E-state index in [0.717, 1.165) is 24.2 Å². The van der Waals surface area contributed by atoms with Gasteiger partial charge in [-0.2, -0.15) is 0 Å². The normalized spacial score (nSPS) is 19.9. The lowest BCUT2D eigenvalue weighted by Gasteiger charge is -2.38. The minimum absolute atomic E-state index is 0.206. The van der Waals surface area contributed by atoms with Crippen molar-refractivity contribution in [1.82, 2.24) is 4.90 Å². The molecule has 0 unspecified atom stereocenters. The Kier molecular flexibility index (Phi) is 8.00. The third kappa shape index (κ3) is 5.11. The van der Waals surface area contributed by atoms with E-state index in [1.807, 2.05) is 0 Å². The standard InChI is InChI=1S/C20H30N2O5S/c1-6-26-19(24)16-14(5)17(20(25)27-7-2)28-18(16)21-15(23)11-22-12(3)9-8-10-13(22)4/h12-13H,6-11H2,1-5H3,(H,21,23)/t12-,13-/m1/s1. The summed E-state index contributed by atoms with van der Waals surface area (Å²) in [4.78, 5) is 39.8. The lowest BCUT2D eigenvalue weighted by molar-refractivity contribution is -0.118. The van der Waals surface area contributed by atoms with Crippen LogP contribution in [-0.2, 0) is 14.3 Å². The van der Waals surface area contributed by atoms with Gasteiger partial charge in [0.15, 0.2) is 0 Å². The van der Waals surface area contributed by atoms with E-state index >= 15 is 0 Å². The Morgan fingerprint density at radius 3 is 2.21 bits per heavy atom. The van der Waals surface area contributed by atoms with Crippen molar-refractivity contribution in [3.05, 3.63) is 16.0 Å². The van der Waals surface area contributed by atoms with Crippen LogP contribution in [0.4, 0.5) is 5.00 Å². The van der Waals surface area contributed by atoms with E-state index in [4.69, 9.17) is 9.47 Å². The van der Waals surface area contributed by atoms with Gasteiger partial charge < -0.3 is 14.8 Å². The Hall–Kier alpha value is -1.93. The van der Waals surface area contributed by atoms with E-state index in [-0.39, 0.29) is 31.2 Å². The summed E-state index contributed by atoms with van der Waals surface area (Å²) in [5, 5.41) is 3.16. The van der Waals surface area contributed by atoms with Gasteiger partial charge in [0.2, 0.25) is 5.91 Å². The number of hydrogen-bond acceptors (Lipinski definition) is 7. The molecule has 1 N–H and O–H groups in total. The van der Waals surface area contributed by atoms with Crippen LogP contribution in [0.3, 0.4) is 0 Å². The van der Waals surface area contributed by atoms with Crippen LogP contribution in [0.1, 0.15) is 72.6 Å². The fraction of sp³-hybridized carbons (Fsp3) is 0.650. The maximum absolute atomic E-state index is 12.7. The van der Waals surface area contributed by atoms with Crippen LogP contribution in [-0.4, -0.2) is 54.6 Å². The van der Waals surface area contributed by atoms with Gasteiger partial charge in [-0.25, -0.2) is 9.59 Å². The van der Waals surface area contributed by atoms with E-state index in [0.29, 0.717) is 27.5 Å². The minimum Gasteiger partial charge on any atom is -0.462 e. The van der Waals surface area contributed by atoms with E-state index in [1.165, 1.54) is 6.42 Å². The third-order valence-corrected chi connectivity index (χ3v) is 6.23. The zero-order chi connectivity index (χ0) is 20.8. The number of amides is 1. The molecule has 1 aliphatic rings. The number of ether oxygens (including phenoxy) is 2. The zero-order valence-electron chi connectivity index (χ0n) is 17.3. The molecule has 1 fully saturated rings. The summed E-state index contributed by atoms with van der Waals surface area (Å²) < 4.78 is 10.2. The number of hydrogen-bond donors (Lipinski definition) is 1. The Bertz CT molecular complexity index is 720. The molecule has 0 aromatic carbocycles. The molecule has 0 spiro atoms. The SMILES string of the molecule is CCOC(=O)c1sc(NC(=O)CN2[C@H](C)CCC[C@H]2C)c(C(=O)OCC)c1C. The molecule has 1 aromatic rings. The highest BCUT2D eigenvalue weighted by Crippen LogP contribution is 2.34. The zero-order valence-corrected chi connectivity index (χ0v) is 18.1. The van der Waals surface area contributed by atoms with Gasteiger partial charge in [0.05, 0.1) is 25.3 Å². The highest BCUT2D eigenvalue weighted by Gasteiger charge is 2.30. The summed E-state index contributed by atoms with van der Waals surface area (Å²) in [7, 11) is 0. The minimum atomic E-state index is -0.554. The molecule has 1 amide bonds. The van der Waals surface area contributed by atoms with Gasteiger partial charge in [0.25, 0.3) is 0 Å². The van der Waals surface area contributed by atoms with Crippen molar-refractivity contribution < 1.29 is 23.9 Å². The number of rotatable bonds is 7. The number of esters is 2. The molecule has 0 bridgehead atoms. The second-order valence-corrected chi connectivity index (χ2v) is 8.07. The molecular weight excluding hydrogens is 380 g/mol. The van der Waals surface area contributed by atoms with E-state index in [1.54, 1.807) is 20.8 Å². The topological polar surface area (TPSA) is 84.9 Å². The van der Waals surface area contributed by atoms with Crippen LogP contribution in [0.15, 0.2) is 0 Å². The maximum Gasteiger partial charge on any atom is 0.348 e. The monoisotopic (exact) mass is 410 g/mol. The van der Waals surface area contributed by atoms with Crippen LogP contribution < -0.4 is 5.32 Å². The van der Waals surface area contributed by atoms with E-state index in [2.05, 4.69) is 24.1 Å². The van der Waals surface area contributed by atoms with Crippen molar-refractivity contribution in [3.8, 4) is 0 Å². The molecule has 1 aromatic heterocycles. The number of carbonyl (C=O) groups is 3. The van der Waals surface area contributed by atoms with Gasteiger partial charge in [0, 0.05) is 12.1 Å². The molecule has 2 atom stereocenters. The van der Waals surface area contributed by atoms with E-state index < -0.39 is 11.9 Å². The molecule has 7 nitrogen and oxygen atoms in total. The highest BCUT2D eigenvalue weighted by molar-refractivity contribution is 7.18. The predicted molar refractivity (Wildman–Crippen MR) is 109 cm³/mol. The Morgan fingerprint density at radius 1 is 1.07 bits per heavy atom. The van der Waals surface area contributed by atoms with Crippen molar-refractivity contribution in [2.24, 2.45) is 0 Å². The van der Waals surface area contributed by atoms with Gasteiger partial charge >= 0.3 is 11.9 Å². The van der Waals surface area contributed by atoms with Crippen LogP contribution in [0, 0.1) is 6.92 Å². The number of thiophene rings is 1. The Morgan fingerprint density at radius 2 is 1.64 bits per heavy atom. The first kappa shape index (κ1) is 22.4. The molecule has 1 aliphatic heterocycles. The molecule has 156 valence electrons. The maximum atomic E-state index is 12.7. The van der Waals surface area contributed by atoms with Crippen LogP contribution in [0.5, 0.6) is 0 Å². The largest absolute Gasteiger partial charge is 0.462 e. The van der Waals surface area contributed by atoms with E-state index in [9.17, 15) is 14.4 Å². The van der Waals surface area contributed by atoms with Gasteiger partial charge in [-0.1, -0.05) is 6.42 Å². The first-order valence-electron chi connectivity index (χ1n) is 9.83. The lowest BCUT2D eigenvalue weighted by atomic mass is 9.97. The van der Waals surface area contributed by atoms with Crippen molar-refractivity contribution in [2.45, 2.75) is 66.0 Å². The second kappa shape index (κ2) is 10.0. The quantitative estimate of drug-likeness (QED) is 0.691. The molecule has 2 heterocycles. The predicted octanol–water partition coefficient (Wildman–Crippen LogP) is 3.61. The molecule has 0 aliphatic carbocycles. The number of nitrogens with zero attached hydrogens (tertiary/aromatic N) is 1. The summed E-state index contributed by atoms with van der Waals surface area (Å²) in [6.07, 6.45) is 3.30. The van der Waals surface area contributed by atoms with Gasteiger partial charge in [-0.05, 0) is 53.0 Å². The molecular formula is C20H30N2O5S. The molecule has 28 heavy (non-hydrogen) atoms. The molecule has 1 saturated heterocycles. The second-order valence-electron chi connectivity index (χ2n) is 7.05. The number of likely N-dealkylation sites (tertiary alicyclic amines) is 1. The summed E-state index contributed by atoms with van der Waals surface area (Å²) in [5.74, 6) is -1.26. The summed E-state index contributed by atoms with van der Waals surface area (Å²) in [6.45, 7) is 10.0. The molecule has 0 radical (unpaired) electrons. The Balaban J connectivity index is 2.24. The Labute approximate surface area is 170 Å². The van der Waals surface area contributed by atoms with Crippen molar-refractivity contribution >= 4 is 34.2 Å². The molecule has 8 heteroatoms. The van der Waals surface area contributed by atoms with Crippen molar-refractivity contribution in [1.29, 1.82) is 0 Å². The summed E-state index contributed by atoms with van der Waals surface area (Å²) in [6, 6.07) is 0.665. The van der Waals surface area contributed by atoms with Gasteiger partial charge in [0.1, 0.15) is 9.88 Å². The third-order valence-electron chi connectivity index (χ3n) is 5.04. The number of piperidine rings is 1. The van der Waals surface area contributed by atoms with Crippen LogP contribution >= 0.6 is 11.3 Å². The number of carbonyl (C=O) groups excluding carboxylic acids is 3. The molecule has 2 rings (SSSR count). The fourth-order valence-electron chi connectivity index (χ4n) is 3.56. The van der Waals surface area contributed by atoms with Crippen molar-refractivity contribution in [3.63, 3.8) is 0 Å².